The van der Waals surface area contributed by atoms with Gasteiger partial charge in [-0.1, -0.05) is 34.1 Å². The Morgan fingerprint density at radius 3 is 2.50 bits per heavy atom. The lowest BCUT2D eigenvalue weighted by Gasteiger charge is -2.13. The summed E-state index contributed by atoms with van der Waals surface area (Å²) in [6.45, 7) is 8.49. The lowest BCUT2D eigenvalue weighted by Crippen LogP contribution is -2.10. The van der Waals surface area contributed by atoms with Gasteiger partial charge in [-0.3, -0.25) is 0 Å². The summed E-state index contributed by atoms with van der Waals surface area (Å²) in [4.78, 5) is 5.33. The van der Waals surface area contributed by atoms with Gasteiger partial charge in [0.05, 0.1) is 10.7 Å². The van der Waals surface area contributed by atoms with Crippen molar-refractivity contribution in [2.75, 3.05) is 0 Å². The summed E-state index contributed by atoms with van der Waals surface area (Å²) in [6, 6.07) is 2.23. The number of nitriles is 1. The van der Waals surface area contributed by atoms with Gasteiger partial charge in [0, 0.05) is 5.41 Å². The van der Waals surface area contributed by atoms with Gasteiger partial charge in [0.1, 0.15) is 10.9 Å². The minimum atomic E-state index is 0.0578. The van der Waals surface area contributed by atoms with Gasteiger partial charge in [-0.05, 0) is 6.42 Å². The van der Waals surface area contributed by atoms with Crippen molar-refractivity contribution >= 4 is 11.3 Å². The Morgan fingerprint density at radius 2 is 2.07 bits per heavy atom. The highest BCUT2D eigenvalue weighted by molar-refractivity contribution is 7.12. The molecule has 3 heteroatoms. The molecule has 14 heavy (non-hydrogen) atoms. The van der Waals surface area contributed by atoms with E-state index in [-0.39, 0.29) is 5.41 Å². The molecule has 0 spiro atoms. The maximum Gasteiger partial charge on any atom is 0.128 e. The highest BCUT2D eigenvalue weighted by Crippen LogP contribution is 2.29. The Balaban J connectivity index is 3.08. The number of aromatic nitrogens is 1. The largest absolute Gasteiger partial charge is 0.244 e. The van der Waals surface area contributed by atoms with E-state index in [1.165, 1.54) is 11.3 Å². The molecule has 0 bridgehead atoms. The predicted molar refractivity (Wildman–Crippen MR) is 59.5 cm³/mol. The molecule has 1 aromatic rings. The molecule has 2 nitrogen and oxygen atoms in total. The highest BCUT2D eigenvalue weighted by atomic mass is 32.1. The van der Waals surface area contributed by atoms with Crippen LogP contribution in [0.4, 0.5) is 0 Å². The monoisotopic (exact) mass is 208 g/mol. The summed E-state index contributed by atoms with van der Waals surface area (Å²) in [5.41, 5.74) is 1.03. The van der Waals surface area contributed by atoms with E-state index >= 15 is 0 Å². The molecule has 0 unspecified atom stereocenters. The van der Waals surface area contributed by atoms with Crippen LogP contribution in [-0.4, -0.2) is 4.98 Å². The van der Waals surface area contributed by atoms with Crippen LogP contribution in [0.5, 0.6) is 0 Å². The van der Waals surface area contributed by atoms with Crippen molar-refractivity contribution in [1.29, 1.82) is 5.26 Å². The zero-order chi connectivity index (χ0) is 10.8. The number of thiazole rings is 1. The van der Waals surface area contributed by atoms with Crippen LogP contribution in [0.3, 0.4) is 0 Å². The van der Waals surface area contributed by atoms with E-state index in [1.807, 2.05) is 0 Å². The van der Waals surface area contributed by atoms with Crippen molar-refractivity contribution in [3.05, 3.63) is 15.6 Å². The maximum absolute atomic E-state index is 8.94. The number of hydrogen-bond donors (Lipinski definition) is 0. The Hall–Kier alpha value is -0.880. The first kappa shape index (κ1) is 11.2. The van der Waals surface area contributed by atoms with Crippen molar-refractivity contribution < 1.29 is 0 Å². The van der Waals surface area contributed by atoms with Gasteiger partial charge < -0.3 is 0 Å². The second kappa shape index (κ2) is 4.10. The molecule has 0 radical (unpaired) electrons. The maximum atomic E-state index is 8.94. The number of aryl methyl sites for hydroxylation is 1. The normalized spacial score (nSPS) is 11.4. The molecule has 0 aliphatic rings. The number of nitrogens with zero attached hydrogens (tertiary/aromatic N) is 2. The molecular formula is C11H16N2S. The van der Waals surface area contributed by atoms with Crippen molar-refractivity contribution in [3.63, 3.8) is 0 Å². The molecule has 1 heterocycles. The van der Waals surface area contributed by atoms with Gasteiger partial charge in [-0.2, -0.15) is 5.26 Å². The number of rotatable bonds is 2. The summed E-state index contributed by atoms with van der Waals surface area (Å²) in [5, 5.41) is 10.0. The van der Waals surface area contributed by atoms with Crippen LogP contribution in [0.2, 0.25) is 0 Å². The van der Waals surface area contributed by atoms with E-state index in [1.54, 1.807) is 0 Å². The van der Waals surface area contributed by atoms with Crippen LogP contribution in [0.25, 0.3) is 0 Å². The van der Waals surface area contributed by atoms with Crippen molar-refractivity contribution in [2.45, 2.75) is 46.0 Å². The molecule has 0 fully saturated rings. The van der Waals surface area contributed by atoms with Crippen LogP contribution in [0, 0.1) is 11.3 Å². The zero-order valence-electron chi connectivity index (χ0n) is 9.22. The molecule has 0 saturated heterocycles. The van der Waals surface area contributed by atoms with Crippen LogP contribution < -0.4 is 0 Å². The predicted octanol–water partition coefficient (Wildman–Crippen LogP) is 3.26. The fourth-order valence-electron chi connectivity index (χ4n) is 1.17. The van der Waals surface area contributed by atoms with E-state index in [2.05, 4.69) is 38.7 Å². The Morgan fingerprint density at radius 1 is 1.43 bits per heavy atom. The molecule has 1 rings (SSSR count). The smallest absolute Gasteiger partial charge is 0.128 e. The van der Waals surface area contributed by atoms with Crippen LogP contribution in [0.1, 0.15) is 49.7 Å². The number of hydrogen-bond acceptors (Lipinski definition) is 3. The fraction of sp³-hybridized carbons (Fsp3) is 0.636. The molecule has 0 aliphatic heterocycles. The van der Waals surface area contributed by atoms with Crippen LogP contribution in [0.15, 0.2) is 0 Å². The van der Waals surface area contributed by atoms with Gasteiger partial charge in [0.25, 0.3) is 0 Å². The van der Waals surface area contributed by atoms with E-state index in [9.17, 15) is 0 Å². The van der Waals surface area contributed by atoms with Crippen molar-refractivity contribution in [3.8, 4) is 6.07 Å². The summed E-state index contributed by atoms with van der Waals surface area (Å²) in [6.07, 6.45) is 1.96. The Kier molecular flexibility index (Phi) is 3.28. The second-order valence-electron chi connectivity index (χ2n) is 4.41. The van der Waals surface area contributed by atoms with E-state index < -0.39 is 0 Å². The van der Waals surface area contributed by atoms with E-state index in [0.29, 0.717) is 0 Å². The average Bonchev–Trinajstić information content (AvgIpc) is 2.47. The van der Waals surface area contributed by atoms with E-state index in [4.69, 9.17) is 5.26 Å². The van der Waals surface area contributed by atoms with Crippen LogP contribution >= 0.6 is 11.3 Å². The highest BCUT2D eigenvalue weighted by Gasteiger charge is 2.20. The van der Waals surface area contributed by atoms with Gasteiger partial charge in [0.2, 0.25) is 0 Å². The third-order valence-electron chi connectivity index (χ3n) is 1.93. The lowest BCUT2D eigenvalue weighted by molar-refractivity contribution is 0.582. The molecule has 0 aromatic carbocycles. The third kappa shape index (κ3) is 2.33. The summed E-state index contributed by atoms with van der Waals surface area (Å²) >= 11 is 1.53. The zero-order valence-corrected chi connectivity index (χ0v) is 10.0. The standard InChI is InChI=1S/C11H16N2S/c1-5-6-8-9(7-12)14-10(13-8)11(2,3)4/h5-6H2,1-4H3. The minimum Gasteiger partial charge on any atom is -0.244 e. The molecule has 76 valence electrons. The summed E-state index contributed by atoms with van der Waals surface area (Å²) in [5.74, 6) is 0. The van der Waals surface area contributed by atoms with Gasteiger partial charge >= 0.3 is 0 Å². The second-order valence-corrected chi connectivity index (χ2v) is 5.41. The third-order valence-corrected chi connectivity index (χ3v) is 3.36. The van der Waals surface area contributed by atoms with Gasteiger partial charge in [-0.25, -0.2) is 4.98 Å². The van der Waals surface area contributed by atoms with Gasteiger partial charge in [-0.15, -0.1) is 11.3 Å². The molecule has 0 amide bonds. The first-order chi connectivity index (χ1) is 6.49. The first-order valence-electron chi connectivity index (χ1n) is 4.89. The van der Waals surface area contributed by atoms with Crippen LogP contribution in [-0.2, 0) is 11.8 Å². The molecule has 0 aliphatic carbocycles. The van der Waals surface area contributed by atoms with Crippen molar-refractivity contribution in [1.82, 2.24) is 4.98 Å². The lowest BCUT2D eigenvalue weighted by atomic mass is 9.98. The molecule has 1 aromatic heterocycles. The molecule has 0 N–H and O–H groups in total. The Bertz CT molecular complexity index is 352. The minimum absolute atomic E-state index is 0.0578. The average molecular weight is 208 g/mol. The SMILES string of the molecule is CCCc1nc(C(C)(C)C)sc1C#N. The molecule has 0 atom stereocenters. The van der Waals surface area contributed by atoms with Crippen molar-refractivity contribution in [2.24, 2.45) is 0 Å². The molecule has 0 saturated carbocycles. The quantitative estimate of drug-likeness (QED) is 0.748. The Labute approximate surface area is 89.6 Å². The first-order valence-corrected chi connectivity index (χ1v) is 5.71. The summed E-state index contributed by atoms with van der Waals surface area (Å²) in [7, 11) is 0. The van der Waals surface area contributed by atoms with E-state index in [0.717, 1.165) is 28.4 Å². The topological polar surface area (TPSA) is 36.7 Å². The summed E-state index contributed by atoms with van der Waals surface area (Å²) < 4.78 is 0. The molecular weight excluding hydrogens is 192 g/mol. The fourth-order valence-corrected chi connectivity index (χ4v) is 2.13. The van der Waals surface area contributed by atoms with Gasteiger partial charge in [0.15, 0.2) is 0 Å².